The molecule has 0 spiro atoms. The van der Waals surface area contributed by atoms with Gasteiger partial charge in [0.05, 0.1) is 28.4 Å². The van der Waals surface area contributed by atoms with Gasteiger partial charge in [-0.15, -0.1) is 0 Å². The number of nitrogens with two attached hydrogens (primary N) is 1. The quantitative estimate of drug-likeness (QED) is 0.112. The van der Waals surface area contributed by atoms with Gasteiger partial charge in [0.2, 0.25) is 11.8 Å². The second-order valence-electron chi connectivity index (χ2n) is 11.6. The van der Waals surface area contributed by atoms with Gasteiger partial charge in [-0.25, -0.2) is 19.6 Å². The first-order chi connectivity index (χ1) is 26.6. The molecule has 0 bridgehead atoms. The molecule has 0 atom stereocenters. The zero-order chi connectivity index (χ0) is 39.1. The van der Waals surface area contributed by atoms with Crippen molar-refractivity contribution in [2.75, 3.05) is 39.5 Å². The number of fused-ring (bicyclic) bond motifs is 2. The van der Waals surface area contributed by atoms with Crippen molar-refractivity contribution in [2.45, 2.75) is 33.6 Å². The SMILES string of the molecule is COC(=O)c1c(OCc2ccc3nc(C)oc3c2)nsc1N.COC(=O)c1c(OCc2ccc3nc(C)oc3c2)nsc1NCc1ccc(OC)cc1OC. The standard InChI is InChI=1S/C23H23N3O6S.C14H13N3O4S/c1-13-25-17-8-5-14(9-19(17)32-13)12-31-21-20(23(27)30-4)22(33-26-21)24-11-15-6-7-16(28-2)10-18(15)29-3;1-7-16-9-4-3-8(5-10(9)21-7)6-20-13-11(14(18)19-2)12(15)22-17-13/h5-10,24H,11-12H2,1-4H3;3-5H,6,15H2,1-2H3. The average molecular weight is 789 g/mol. The molecule has 0 amide bonds. The van der Waals surface area contributed by atoms with Crippen LogP contribution in [0.4, 0.5) is 10.0 Å². The third-order valence-corrected chi connectivity index (χ3v) is 9.38. The molecule has 3 N–H and O–H groups in total. The van der Waals surface area contributed by atoms with Crippen LogP contribution in [0.2, 0.25) is 0 Å². The highest BCUT2D eigenvalue weighted by atomic mass is 32.1. The number of aromatic nitrogens is 4. The van der Waals surface area contributed by atoms with Crippen LogP contribution in [-0.2, 0) is 29.2 Å². The smallest absolute Gasteiger partial charge is 0.346 e. The molecule has 286 valence electrons. The van der Waals surface area contributed by atoms with E-state index in [4.69, 9.17) is 38.3 Å². The fourth-order valence-electron chi connectivity index (χ4n) is 5.28. The van der Waals surface area contributed by atoms with Gasteiger partial charge in [0, 0.05) is 32.0 Å². The van der Waals surface area contributed by atoms with E-state index in [1.54, 1.807) is 34.1 Å². The molecule has 0 saturated heterocycles. The lowest BCUT2D eigenvalue weighted by Gasteiger charge is -2.12. The summed E-state index contributed by atoms with van der Waals surface area (Å²) >= 11 is 2.11. The molecule has 0 aliphatic rings. The molecule has 3 aromatic carbocycles. The summed E-state index contributed by atoms with van der Waals surface area (Å²) in [6.45, 7) is 4.42. The predicted molar refractivity (Wildman–Crippen MR) is 204 cm³/mol. The molecule has 0 aliphatic heterocycles. The van der Waals surface area contributed by atoms with Crippen molar-refractivity contribution < 1.29 is 46.8 Å². The first-order valence-corrected chi connectivity index (χ1v) is 18.0. The number of hydrogen-bond acceptors (Lipinski definition) is 18. The summed E-state index contributed by atoms with van der Waals surface area (Å²) in [5.41, 5.74) is 11.7. The van der Waals surface area contributed by atoms with Gasteiger partial charge in [0.25, 0.3) is 0 Å². The third-order valence-electron chi connectivity index (χ3n) is 7.93. The highest BCUT2D eigenvalue weighted by Gasteiger charge is 2.24. The third kappa shape index (κ3) is 8.88. The van der Waals surface area contributed by atoms with Crippen LogP contribution in [0.1, 0.15) is 49.2 Å². The van der Waals surface area contributed by atoms with Crippen molar-refractivity contribution in [2.24, 2.45) is 0 Å². The normalized spacial score (nSPS) is 10.8. The fraction of sp³-hybridized carbons (Fsp3) is 0.243. The number of oxazole rings is 2. The number of esters is 2. The number of nitrogens with zero attached hydrogens (tertiary/aromatic N) is 4. The minimum atomic E-state index is -0.567. The Balaban J connectivity index is 0.000000203. The zero-order valence-electron chi connectivity index (χ0n) is 30.6. The second kappa shape index (κ2) is 17.2. The summed E-state index contributed by atoms with van der Waals surface area (Å²) in [5, 5.41) is 4.04. The van der Waals surface area contributed by atoms with E-state index < -0.39 is 11.9 Å². The number of nitrogen functional groups attached to an aromatic ring is 1. The number of benzene rings is 3. The Morgan fingerprint density at radius 1 is 0.727 bits per heavy atom. The van der Waals surface area contributed by atoms with E-state index in [-0.39, 0.29) is 41.1 Å². The van der Waals surface area contributed by atoms with Crippen molar-refractivity contribution in [1.29, 1.82) is 0 Å². The second-order valence-corrected chi connectivity index (χ2v) is 13.2. The first-order valence-electron chi connectivity index (χ1n) is 16.4. The molecule has 16 nitrogen and oxygen atoms in total. The van der Waals surface area contributed by atoms with Gasteiger partial charge in [-0.2, -0.15) is 8.75 Å². The largest absolute Gasteiger partial charge is 0.497 e. The summed E-state index contributed by atoms with van der Waals surface area (Å²) in [6, 6.07) is 16.7. The molecule has 0 unspecified atom stereocenters. The van der Waals surface area contributed by atoms with E-state index in [1.165, 1.54) is 14.2 Å². The van der Waals surface area contributed by atoms with Crippen molar-refractivity contribution in [3.63, 3.8) is 0 Å². The Bertz CT molecular complexity index is 2450. The van der Waals surface area contributed by atoms with E-state index in [9.17, 15) is 9.59 Å². The van der Waals surface area contributed by atoms with Crippen LogP contribution in [0.3, 0.4) is 0 Å². The zero-order valence-corrected chi connectivity index (χ0v) is 32.2. The molecule has 55 heavy (non-hydrogen) atoms. The number of hydrogen-bond donors (Lipinski definition) is 2. The van der Waals surface area contributed by atoms with Crippen molar-refractivity contribution in [1.82, 2.24) is 18.7 Å². The van der Waals surface area contributed by atoms with E-state index >= 15 is 0 Å². The van der Waals surface area contributed by atoms with Gasteiger partial charge < -0.3 is 48.3 Å². The molecule has 0 fully saturated rings. The monoisotopic (exact) mass is 788 g/mol. The maximum atomic E-state index is 12.5. The molecular weight excluding hydrogens is 753 g/mol. The molecule has 0 radical (unpaired) electrons. The molecule has 7 aromatic rings. The van der Waals surface area contributed by atoms with Crippen LogP contribution in [0, 0.1) is 13.8 Å². The van der Waals surface area contributed by atoms with Crippen LogP contribution >= 0.6 is 23.1 Å². The number of nitrogens with one attached hydrogen (secondary N) is 1. The number of ether oxygens (including phenoxy) is 6. The topological polar surface area (TPSA) is 205 Å². The molecule has 4 aromatic heterocycles. The van der Waals surface area contributed by atoms with Gasteiger partial charge in [-0.05, 0) is 70.6 Å². The lowest BCUT2D eigenvalue weighted by molar-refractivity contribution is 0.0587. The Hall–Kier alpha value is -6.40. The molecule has 0 aliphatic carbocycles. The summed E-state index contributed by atoms with van der Waals surface area (Å²) in [4.78, 5) is 32.7. The average Bonchev–Trinajstić information content (AvgIpc) is 3.98. The summed E-state index contributed by atoms with van der Waals surface area (Å²) in [5.74, 6) is 1.83. The van der Waals surface area contributed by atoms with Crippen molar-refractivity contribution >= 4 is 67.2 Å². The van der Waals surface area contributed by atoms with E-state index in [2.05, 4.69) is 28.8 Å². The summed E-state index contributed by atoms with van der Waals surface area (Å²) < 4.78 is 51.1. The lowest BCUT2D eigenvalue weighted by atomic mass is 10.2. The first kappa shape index (κ1) is 38.3. The maximum absolute atomic E-state index is 12.5. The van der Waals surface area contributed by atoms with Gasteiger partial charge in [-0.3, -0.25) is 0 Å². The highest BCUT2D eigenvalue weighted by Crippen LogP contribution is 2.34. The molecule has 18 heteroatoms. The Kier molecular flexibility index (Phi) is 12.0. The van der Waals surface area contributed by atoms with Gasteiger partial charge in [-0.1, -0.05) is 12.1 Å². The van der Waals surface area contributed by atoms with Crippen LogP contribution in [0.5, 0.6) is 23.3 Å². The molecule has 4 heterocycles. The van der Waals surface area contributed by atoms with E-state index in [1.807, 2.05) is 48.5 Å². The van der Waals surface area contributed by atoms with Crippen LogP contribution < -0.4 is 30.0 Å². The van der Waals surface area contributed by atoms with Crippen LogP contribution in [-0.4, -0.2) is 59.1 Å². The number of aryl methyl sites for hydroxylation is 2. The molecule has 0 saturated carbocycles. The predicted octanol–water partition coefficient (Wildman–Crippen LogP) is 7.13. The summed E-state index contributed by atoms with van der Waals surface area (Å²) in [6.07, 6.45) is 0. The Morgan fingerprint density at radius 3 is 1.85 bits per heavy atom. The molecule has 7 rings (SSSR count). The number of methoxy groups -OCH3 is 4. The fourth-order valence-corrected chi connectivity index (χ4v) is 6.58. The van der Waals surface area contributed by atoms with Crippen LogP contribution in [0.25, 0.3) is 22.2 Å². The Labute approximate surface area is 322 Å². The van der Waals surface area contributed by atoms with Crippen molar-refractivity contribution in [3.8, 4) is 23.3 Å². The summed E-state index contributed by atoms with van der Waals surface area (Å²) in [7, 11) is 5.79. The molecular formula is C37H36N6O10S2. The lowest BCUT2D eigenvalue weighted by Crippen LogP contribution is -2.09. The van der Waals surface area contributed by atoms with Gasteiger partial charge >= 0.3 is 11.9 Å². The minimum Gasteiger partial charge on any atom is -0.497 e. The van der Waals surface area contributed by atoms with Gasteiger partial charge in [0.1, 0.15) is 45.7 Å². The highest BCUT2D eigenvalue weighted by molar-refractivity contribution is 7.11. The van der Waals surface area contributed by atoms with Gasteiger partial charge in [0.15, 0.2) is 34.1 Å². The van der Waals surface area contributed by atoms with Crippen molar-refractivity contribution in [3.05, 3.63) is 94.2 Å². The van der Waals surface area contributed by atoms with E-state index in [0.29, 0.717) is 46.0 Å². The Morgan fingerprint density at radius 2 is 1.29 bits per heavy atom. The van der Waals surface area contributed by atoms with Crippen LogP contribution in [0.15, 0.2) is 63.4 Å². The number of carbonyl (C=O) groups excluding carboxylic acids is 2. The number of carbonyl (C=O) groups is 2. The number of rotatable bonds is 13. The maximum Gasteiger partial charge on any atom is 0.346 e. The van der Waals surface area contributed by atoms with E-state index in [0.717, 1.165) is 50.8 Å². The minimum absolute atomic E-state index is 0.157. The number of anilines is 2.